The first-order valence-electron chi connectivity index (χ1n) is 8.96. The van der Waals surface area contributed by atoms with Crippen molar-refractivity contribution in [3.8, 4) is 0 Å². The summed E-state index contributed by atoms with van der Waals surface area (Å²) in [5.41, 5.74) is 2.42. The van der Waals surface area contributed by atoms with Gasteiger partial charge in [0.05, 0.1) is 0 Å². The molecule has 0 atom stereocenters. The molecule has 0 radical (unpaired) electrons. The summed E-state index contributed by atoms with van der Waals surface area (Å²) < 4.78 is 0. The Bertz CT molecular complexity index is 639. The smallest absolute Gasteiger partial charge is 0.315 e. The van der Waals surface area contributed by atoms with Crippen LogP contribution in [0.4, 0.5) is 4.79 Å². The van der Waals surface area contributed by atoms with E-state index < -0.39 is 0 Å². The van der Waals surface area contributed by atoms with E-state index in [1.165, 1.54) is 5.56 Å². The van der Waals surface area contributed by atoms with E-state index in [0.717, 1.165) is 44.6 Å². The Labute approximate surface area is 149 Å². The van der Waals surface area contributed by atoms with Crippen LogP contribution in [0.1, 0.15) is 24.0 Å². The number of pyridine rings is 1. The largest absolute Gasteiger partial charge is 0.338 e. The number of piperidine rings is 1. The van der Waals surface area contributed by atoms with Crippen LogP contribution in [-0.2, 0) is 13.1 Å². The highest BCUT2D eigenvalue weighted by Crippen LogP contribution is 2.18. The minimum Gasteiger partial charge on any atom is -0.338 e. The molecule has 0 saturated carbocycles. The van der Waals surface area contributed by atoms with Crippen LogP contribution in [0.5, 0.6) is 0 Å². The second-order valence-corrected chi connectivity index (χ2v) is 6.62. The molecule has 132 valence electrons. The van der Waals surface area contributed by atoms with Gasteiger partial charge >= 0.3 is 6.03 Å². The number of carbonyl (C=O) groups is 1. The Morgan fingerprint density at radius 1 is 1.00 bits per heavy atom. The maximum absolute atomic E-state index is 11.9. The number of carbonyl (C=O) groups excluding carboxylic acids is 1. The minimum absolute atomic E-state index is 0.0940. The quantitative estimate of drug-likeness (QED) is 0.851. The number of urea groups is 1. The van der Waals surface area contributed by atoms with Gasteiger partial charge in [-0.3, -0.25) is 9.88 Å². The van der Waals surface area contributed by atoms with Crippen LogP contribution in [0.25, 0.3) is 0 Å². The lowest BCUT2D eigenvalue weighted by Crippen LogP contribution is -2.41. The average Bonchev–Trinajstić information content (AvgIpc) is 2.67. The summed E-state index contributed by atoms with van der Waals surface area (Å²) in [6.07, 6.45) is 5.74. The molecule has 1 aromatic carbocycles. The number of nitrogens with one attached hydrogen (secondary N) is 2. The number of benzene rings is 1. The Balaban J connectivity index is 1.31. The van der Waals surface area contributed by atoms with E-state index >= 15 is 0 Å². The molecule has 2 aromatic rings. The third kappa shape index (κ3) is 5.87. The molecule has 2 N–H and O–H groups in total. The molecule has 0 bridgehead atoms. The molecule has 5 nitrogen and oxygen atoms in total. The molecule has 2 amide bonds. The van der Waals surface area contributed by atoms with Gasteiger partial charge in [0.2, 0.25) is 0 Å². The van der Waals surface area contributed by atoms with Crippen molar-refractivity contribution in [1.82, 2.24) is 20.5 Å². The van der Waals surface area contributed by atoms with Crippen LogP contribution in [0.3, 0.4) is 0 Å². The standard InChI is InChI=1S/C20H26N4O/c25-20(22-14-17-6-10-21-11-7-17)23-15-18-8-12-24(13-9-18)16-19-4-2-1-3-5-19/h1-7,10-11,18H,8-9,12-16H2,(H2,22,23,25). The normalized spacial score (nSPS) is 15.7. The molecule has 25 heavy (non-hydrogen) atoms. The van der Waals surface area contributed by atoms with E-state index in [9.17, 15) is 4.79 Å². The van der Waals surface area contributed by atoms with Crippen molar-refractivity contribution in [2.24, 2.45) is 5.92 Å². The van der Waals surface area contributed by atoms with Gasteiger partial charge < -0.3 is 10.6 Å². The number of hydrogen-bond acceptors (Lipinski definition) is 3. The van der Waals surface area contributed by atoms with Gasteiger partial charge in [-0.05, 0) is 55.1 Å². The first-order valence-corrected chi connectivity index (χ1v) is 8.96. The molecular weight excluding hydrogens is 312 g/mol. The Morgan fingerprint density at radius 3 is 2.44 bits per heavy atom. The lowest BCUT2D eigenvalue weighted by molar-refractivity contribution is 0.175. The molecule has 1 saturated heterocycles. The Morgan fingerprint density at radius 2 is 1.72 bits per heavy atom. The summed E-state index contributed by atoms with van der Waals surface area (Å²) in [4.78, 5) is 18.4. The third-order valence-electron chi connectivity index (χ3n) is 4.71. The fourth-order valence-electron chi connectivity index (χ4n) is 3.17. The number of nitrogens with zero attached hydrogens (tertiary/aromatic N) is 2. The summed E-state index contributed by atoms with van der Waals surface area (Å²) in [5.74, 6) is 0.568. The minimum atomic E-state index is -0.0940. The predicted molar refractivity (Wildman–Crippen MR) is 98.9 cm³/mol. The maximum Gasteiger partial charge on any atom is 0.315 e. The molecule has 0 aliphatic carbocycles. The van der Waals surface area contributed by atoms with Gasteiger partial charge in [-0.25, -0.2) is 4.79 Å². The topological polar surface area (TPSA) is 57.3 Å². The molecule has 1 aromatic heterocycles. The monoisotopic (exact) mass is 338 g/mol. The number of likely N-dealkylation sites (tertiary alicyclic amines) is 1. The molecule has 2 heterocycles. The fourth-order valence-corrected chi connectivity index (χ4v) is 3.17. The predicted octanol–water partition coefficient (Wildman–Crippen LogP) is 2.79. The van der Waals surface area contributed by atoms with Crippen molar-refractivity contribution in [1.29, 1.82) is 0 Å². The third-order valence-corrected chi connectivity index (χ3v) is 4.71. The van der Waals surface area contributed by atoms with Gasteiger partial charge in [0.25, 0.3) is 0 Å². The van der Waals surface area contributed by atoms with Crippen LogP contribution in [0, 0.1) is 5.92 Å². The highest BCUT2D eigenvalue weighted by Gasteiger charge is 2.19. The first kappa shape index (κ1) is 17.4. The fraction of sp³-hybridized carbons (Fsp3) is 0.400. The first-order chi connectivity index (χ1) is 12.3. The molecule has 0 spiro atoms. The van der Waals surface area contributed by atoms with Crippen LogP contribution in [0.2, 0.25) is 0 Å². The zero-order chi connectivity index (χ0) is 17.3. The van der Waals surface area contributed by atoms with E-state index in [0.29, 0.717) is 12.5 Å². The van der Waals surface area contributed by atoms with E-state index in [2.05, 4.69) is 50.8 Å². The summed E-state index contributed by atoms with van der Waals surface area (Å²) in [6, 6.07) is 14.3. The molecule has 1 aliphatic heterocycles. The van der Waals surface area contributed by atoms with Gasteiger partial charge in [0, 0.05) is 32.0 Å². The van der Waals surface area contributed by atoms with Crippen molar-refractivity contribution in [2.45, 2.75) is 25.9 Å². The van der Waals surface area contributed by atoms with Gasteiger partial charge in [0.1, 0.15) is 0 Å². The van der Waals surface area contributed by atoms with Gasteiger partial charge in [-0.1, -0.05) is 30.3 Å². The van der Waals surface area contributed by atoms with Crippen molar-refractivity contribution >= 4 is 6.03 Å². The number of aromatic nitrogens is 1. The van der Waals surface area contributed by atoms with Gasteiger partial charge in [-0.15, -0.1) is 0 Å². The van der Waals surface area contributed by atoms with Crippen molar-refractivity contribution < 1.29 is 4.79 Å². The van der Waals surface area contributed by atoms with Crippen LogP contribution >= 0.6 is 0 Å². The number of amides is 2. The molecule has 1 fully saturated rings. The zero-order valence-electron chi connectivity index (χ0n) is 14.5. The van der Waals surface area contributed by atoms with Crippen molar-refractivity contribution in [2.75, 3.05) is 19.6 Å². The maximum atomic E-state index is 11.9. The molecule has 5 heteroatoms. The number of rotatable bonds is 6. The average molecular weight is 338 g/mol. The summed E-state index contributed by atoms with van der Waals surface area (Å²) in [5, 5.41) is 5.89. The second-order valence-electron chi connectivity index (χ2n) is 6.62. The van der Waals surface area contributed by atoms with E-state index in [1.54, 1.807) is 12.4 Å². The SMILES string of the molecule is O=C(NCc1ccncc1)NCC1CCN(Cc2ccccc2)CC1. The highest BCUT2D eigenvalue weighted by molar-refractivity contribution is 5.73. The van der Waals surface area contributed by atoms with Gasteiger partial charge in [0.15, 0.2) is 0 Å². The lowest BCUT2D eigenvalue weighted by atomic mass is 9.96. The Kier molecular flexibility index (Phi) is 6.40. The zero-order valence-corrected chi connectivity index (χ0v) is 14.5. The molecule has 3 rings (SSSR count). The summed E-state index contributed by atoms with van der Waals surface area (Å²) in [7, 11) is 0. The summed E-state index contributed by atoms with van der Waals surface area (Å²) >= 11 is 0. The van der Waals surface area contributed by atoms with Crippen molar-refractivity contribution in [3.63, 3.8) is 0 Å². The van der Waals surface area contributed by atoms with Crippen LogP contribution < -0.4 is 10.6 Å². The van der Waals surface area contributed by atoms with Gasteiger partial charge in [-0.2, -0.15) is 0 Å². The lowest BCUT2D eigenvalue weighted by Gasteiger charge is -2.32. The molecule has 0 unspecified atom stereocenters. The Hall–Kier alpha value is -2.40. The number of hydrogen-bond donors (Lipinski definition) is 2. The van der Waals surface area contributed by atoms with Crippen LogP contribution in [0.15, 0.2) is 54.9 Å². The van der Waals surface area contributed by atoms with E-state index in [-0.39, 0.29) is 6.03 Å². The summed E-state index contributed by atoms with van der Waals surface area (Å²) in [6.45, 7) is 4.50. The molecule has 1 aliphatic rings. The molecular formula is C20H26N4O. The van der Waals surface area contributed by atoms with E-state index in [4.69, 9.17) is 0 Å². The van der Waals surface area contributed by atoms with Crippen molar-refractivity contribution in [3.05, 3.63) is 66.0 Å². The second kappa shape index (κ2) is 9.18. The highest BCUT2D eigenvalue weighted by atomic mass is 16.2. The van der Waals surface area contributed by atoms with Crippen LogP contribution in [-0.4, -0.2) is 35.5 Å². The van der Waals surface area contributed by atoms with E-state index in [1.807, 2.05) is 12.1 Å².